The van der Waals surface area contributed by atoms with Crippen molar-refractivity contribution in [2.45, 2.75) is 26.7 Å². The highest BCUT2D eigenvalue weighted by Crippen LogP contribution is 2.12. The molecular weight excluding hydrogens is 294 g/mol. The molecule has 0 atom stereocenters. The average molecular weight is 308 g/mol. The van der Waals surface area contributed by atoms with Crippen molar-refractivity contribution in [2.24, 2.45) is 5.10 Å². The van der Waals surface area contributed by atoms with Gasteiger partial charge in [0.25, 0.3) is 0 Å². The van der Waals surface area contributed by atoms with Crippen LogP contribution in [-0.2, 0) is 0 Å². The Kier molecular flexibility index (Phi) is 3.86. The minimum absolute atomic E-state index is 0.349. The SMILES string of the molecule is CC(=Nn1cc(C(C)C)nn1)c1cncc(Br)c1. The van der Waals surface area contributed by atoms with Gasteiger partial charge < -0.3 is 0 Å². The summed E-state index contributed by atoms with van der Waals surface area (Å²) in [6, 6.07) is 1.96. The number of nitrogens with zero attached hydrogens (tertiary/aromatic N) is 5. The smallest absolute Gasteiger partial charge is 0.0875 e. The maximum absolute atomic E-state index is 4.37. The Bertz CT molecular complexity index is 573. The molecule has 2 aromatic heterocycles. The van der Waals surface area contributed by atoms with Crippen LogP contribution in [0.25, 0.3) is 0 Å². The zero-order valence-corrected chi connectivity index (χ0v) is 12.1. The molecule has 6 heteroatoms. The zero-order chi connectivity index (χ0) is 13.1. The van der Waals surface area contributed by atoms with Crippen LogP contribution in [0.2, 0.25) is 0 Å². The molecule has 0 aliphatic rings. The lowest BCUT2D eigenvalue weighted by molar-refractivity contribution is 0.690. The van der Waals surface area contributed by atoms with Crippen molar-refractivity contribution in [3.63, 3.8) is 0 Å². The topological polar surface area (TPSA) is 56.0 Å². The van der Waals surface area contributed by atoms with Crippen molar-refractivity contribution in [2.75, 3.05) is 0 Å². The van der Waals surface area contributed by atoms with Gasteiger partial charge in [-0.2, -0.15) is 5.10 Å². The van der Waals surface area contributed by atoms with Crippen LogP contribution >= 0.6 is 15.9 Å². The molecule has 0 unspecified atom stereocenters. The molecular formula is C12H14BrN5. The van der Waals surface area contributed by atoms with E-state index in [4.69, 9.17) is 0 Å². The summed E-state index contributed by atoms with van der Waals surface area (Å²) < 4.78 is 0.927. The van der Waals surface area contributed by atoms with E-state index in [0.717, 1.165) is 21.4 Å². The first-order chi connectivity index (χ1) is 8.56. The maximum atomic E-state index is 4.37. The first-order valence-corrected chi connectivity index (χ1v) is 6.44. The summed E-state index contributed by atoms with van der Waals surface area (Å²) in [4.78, 5) is 5.60. The van der Waals surface area contributed by atoms with Crippen molar-refractivity contribution in [1.29, 1.82) is 0 Å². The summed E-state index contributed by atoms with van der Waals surface area (Å²) >= 11 is 3.39. The van der Waals surface area contributed by atoms with Gasteiger partial charge >= 0.3 is 0 Å². The molecule has 0 radical (unpaired) electrons. The third-order valence-corrected chi connectivity index (χ3v) is 2.90. The molecule has 2 rings (SSSR count). The van der Waals surface area contributed by atoms with Crippen LogP contribution in [0.15, 0.2) is 34.2 Å². The van der Waals surface area contributed by atoms with Gasteiger partial charge in [-0.25, -0.2) is 0 Å². The largest absolute Gasteiger partial charge is 0.263 e. The van der Waals surface area contributed by atoms with E-state index >= 15 is 0 Å². The number of hydrogen-bond donors (Lipinski definition) is 0. The van der Waals surface area contributed by atoms with Gasteiger partial charge in [-0.05, 0) is 40.1 Å². The third kappa shape index (κ3) is 3.01. The van der Waals surface area contributed by atoms with Gasteiger partial charge in [0, 0.05) is 22.4 Å². The Morgan fingerprint density at radius 3 is 2.78 bits per heavy atom. The molecule has 2 heterocycles. The second-order valence-corrected chi connectivity index (χ2v) is 5.21. The van der Waals surface area contributed by atoms with Crippen LogP contribution in [0.1, 0.15) is 37.9 Å². The standard InChI is InChI=1S/C12H14BrN5/c1-8(2)12-7-18(17-15-12)16-9(3)10-4-11(13)6-14-5-10/h4-8H,1-3H3. The van der Waals surface area contributed by atoms with Crippen LogP contribution in [0, 0.1) is 0 Å². The van der Waals surface area contributed by atoms with Crippen LogP contribution in [0.3, 0.4) is 0 Å². The fraction of sp³-hybridized carbons (Fsp3) is 0.333. The maximum Gasteiger partial charge on any atom is 0.0875 e. The minimum atomic E-state index is 0.349. The van der Waals surface area contributed by atoms with Crippen LogP contribution < -0.4 is 0 Å². The fourth-order valence-electron chi connectivity index (χ4n) is 1.40. The molecule has 0 saturated heterocycles. The van der Waals surface area contributed by atoms with Gasteiger partial charge in [0.05, 0.1) is 17.6 Å². The molecule has 0 spiro atoms. The van der Waals surface area contributed by atoms with Crippen molar-refractivity contribution < 1.29 is 0 Å². The second-order valence-electron chi connectivity index (χ2n) is 4.30. The second kappa shape index (κ2) is 5.39. The van der Waals surface area contributed by atoms with E-state index in [2.05, 4.69) is 50.2 Å². The van der Waals surface area contributed by atoms with Crippen LogP contribution in [0.5, 0.6) is 0 Å². The summed E-state index contributed by atoms with van der Waals surface area (Å²) in [5, 5.41) is 12.4. The van der Waals surface area contributed by atoms with E-state index in [1.807, 2.05) is 19.2 Å². The summed E-state index contributed by atoms with van der Waals surface area (Å²) in [5.41, 5.74) is 2.72. The molecule has 18 heavy (non-hydrogen) atoms. The van der Waals surface area contributed by atoms with Crippen molar-refractivity contribution in [1.82, 2.24) is 20.1 Å². The van der Waals surface area contributed by atoms with Crippen LogP contribution in [-0.4, -0.2) is 25.8 Å². The highest BCUT2D eigenvalue weighted by Gasteiger charge is 2.05. The Hall–Kier alpha value is -1.56. The van der Waals surface area contributed by atoms with Crippen molar-refractivity contribution in [3.8, 4) is 0 Å². The average Bonchev–Trinajstić information content (AvgIpc) is 2.77. The Balaban J connectivity index is 2.26. The molecule has 0 fully saturated rings. The summed E-state index contributed by atoms with van der Waals surface area (Å²) in [5.74, 6) is 0.349. The Morgan fingerprint density at radius 1 is 1.39 bits per heavy atom. The highest BCUT2D eigenvalue weighted by molar-refractivity contribution is 9.10. The Labute approximate surface area is 114 Å². The van der Waals surface area contributed by atoms with E-state index in [1.54, 1.807) is 12.4 Å². The van der Waals surface area contributed by atoms with E-state index in [-0.39, 0.29) is 0 Å². The van der Waals surface area contributed by atoms with E-state index in [0.29, 0.717) is 5.92 Å². The zero-order valence-electron chi connectivity index (χ0n) is 10.5. The van der Waals surface area contributed by atoms with E-state index < -0.39 is 0 Å². The first kappa shape index (κ1) is 12.9. The van der Waals surface area contributed by atoms with Gasteiger partial charge in [0.15, 0.2) is 0 Å². The highest BCUT2D eigenvalue weighted by atomic mass is 79.9. The van der Waals surface area contributed by atoms with Crippen molar-refractivity contribution >= 4 is 21.6 Å². The monoisotopic (exact) mass is 307 g/mol. The molecule has 2 aromatic rings. The fourth-order valence-corrected chi connectivity index (χ4v) is 1.77. The normalized spacial score (nSPS) is 12.2. The van der Waals surface area contributed by atoms with Gasteiger partial charge in [0.1, 0.15) is 0 Å². The number of pyridine rings is 1. The van der Waals surface area contributed by atoms with Gasteiger partial charge in [-0.1, -0.05) is 13.8 Å². The number of rotatable bonds is 3. The summed E-state index contributed by atoms with van der Waals surface area (Å²) in [7, 11) is 0. The lowest BCUT2D eigenvalue weighted by Gasteiger charge is -2.00. The van der Waals surface area contributed by atoms with E-state index in [1.165, 1.54) is 4.79 Å². The van der Waals surface area contributed by atoms with Gasteiger partial charge in [0.2, 0.25) is 0 Å². The molecule has 0 saturated carbocycles. The molecule has 94 valence electrons. The Morgan fingerprint density at radius 2 is 2.17 bits per heavy atom. The van der Waals surface area contributed by atoms with Crippen molar-refractivity contribution in [3.05, 3.63) is 40.4 Å². The predicted molar refractivity (Wildman–Crippen MR) is 73.7 cm³/mol. The summed E-state index contributed by atoms with van der Waals surface area (Å²) in [6.45, 7) is 6.06. The third-order valence-electron chi connectivity index (χ3n) is 2.47. The molecule has 0 bridgehead atoms. The molecule has 0 aliphatic heterocycles. The quantitative estimate of drug-likeness (QED) is 0.819. The predicted octanol–water partition coefficient (Wildman–Crippen LogP) is 2.83. The number of hydrogen-bond acceptors (Lipinski definition) is 4. The number of aromatic nitrogens is 4. The minimum Gasteiger partial charge on any atom is -0.263 e. The summed E-state index contributed by atoms with van der Waals surface area (Å²) in [6.07, 6.45) is 5.34. The molecule has 0 amide bonds. The van der Waals surface area contributed by atoms with Crippen LogP contribution in [0.4, 0.5) is 0 Å². The number of halogens is 1. The lowest BCUT2D eigenvalue weighted by Crippen LogP contribution is -2.01. The first-order valence-electron chi connectivity index (χ1n) is 5.65. The van der Waals surface area contributed by atoms with Gasteiger partial charge in [-0.3, -0.25) is 4.98 Å². The lowest BCUT2D eigenvalue weighted by atomic mass is 10.2. The molecule has 0 N–H and O–H groups in total. The van der Waals surface area contributed by atoms with E-state index in [9.17, 15) is 0 Å². The molecule has 5 nitrogen and oxygen atoms in total. The molecule has 0 aromatic carbocycles. The van der Waals surface area contributed by atoms with Gasteiger partial charge in [-0.15, -0.1) is 9.89 Å². The molecule has 0 aliphatic carbocycles.